The number of rotatable bonds is 5. The van der Waals surface area contributed by atoms with Crippen molar-refractivity contribution in [2.24, 2.45) is 17.3 Å². The third-order valence-electron chi connectivity index (χ3n) is 10.6. The number of amides is 1. The number of fused-ring (bicyclic) bond motifs is 4. The molecule has 4 aliphatic rings. The van der Waals surface area contributed by atoms with Gasteiger partial charge in [-0.25, -0.2) is 0 Å². The number of ketones is 1. The minimum absolute atomic E-state index is 0.0286. The Bertz CT molecular complexity index is 1500. The van der Waals surface area contributed by atoms with E-state index in [0.29, 0.717) is 43.4 Å². The van der Waals surface area contributed by atoms with E-state index in [0.717, 1.165) is 22.3 Å². The van der Waals surface area contributed by atoms with Crippen LogP contribution < -0.4 is 5.32 Å². The SMILES string of the molecule is C[C@]12C[C@H](c3ccc(C(=O)NCc4ccccc4)cc3)C3=C4CCC(=O)C=C4CCC3C1CC[C@]2(O)C(F)(F)C(F)(F)F. The van der Waals surface area contributed by atoms with Gasteiger partial charge in [0.05, 0.1) is 0 Å². The fraction of sp³-hybridized carbons (Fsp3) is 0.471. The predicted octanol–water partition coefficient (Wildman–Crippen LogP) is 7.44. The van der Waals surface area contributed by atoms with E-state index in [2.05, 4.69) is 5.32 Å². The summed E-state index contributed by atoms with van der Waals surface area (Å²) in [5.74, 6) is -6.96. The monoisotopic (exact) mass is 599 g/mol. The van der Waals surface area contributed by atoms with Gasteiger partial charge in [0.2, 0.25) is 0 Å². The molecule has 0 bridgehead atoms. The number of carbonyl (C=O) groups is 2. The molecule has 2 saturated carbocycles. The van der Waals surface area contributed by atoms with Crippen molar-refractivity contribution in [3.8, 4) is 0 Å². The van der Waals surface area contributed by atoms with E-state index in [1.165, 1.54) is 6.92 Å². The smallest absolute Gasteiger partial charge is 0.383 e. The summed E-state index contributed by atoms with van der Waals surface area (Å²) in [6.45, 7) is 1.74. The first kappa shape index (κ1) is 29.7. The van der Waals surface area contributed by atoms with E-state index in [4.69, 9.17) is 0 Å². The molecule has 2 unspecified atom stereocenters. The molecule has 2 N–H and O–H groups in total. The number of aliphatic hydroxyl groups is 1. The molecule has 0 spiro atoms. The Labute approximate surface area is 247 Å². The van der Waals surface area contributed by atoms with Crippen LogP contribution in [0.3, 0.4) is 0 Å². The first-order chi connectivity index (χ1) is 20.3. The molecule has 2 fully saturated rings. The summed E-state index contributed by atoms with van der Waals surface area (Å²) in [7, 11) is 0. The summed E-state index contributed by atoms with van der Waals surface area (Å²) < 4.78 is 71.6. The van der Waals surface area contributed by atoms with Crippen molar-refractivity contribution in [1.82, 2.24) is 5.32 Å². The quantitative estimate of drug-likeness (QED) is 0.351. The number of hydrogen-bond donors (Lipinski definition) is 2. The molecule has 4 nitrogen and oxygen atoms in total. The molecule has 0 heterocycles. The van der Waals surface area contributed by atoms with Crippen molar-refractivity contribution in [1.29, 1.82) is 0 Å². The van der Waals surface area contributed by atoms with Gasteiger partial charge in [-0.15, -0.1) is 0 Å². The maximum absolute atomic E-state index is 15.2. The molecule has 2 aromatic carbocycles. The second kappa shape index (κ2) is 10.4. The zero-order valence-corrected chi connectivity index (χ0v) is 23.8. The van der Waals surface area contributed by atoms with Gasteiger partial charge in [0, 0.05) is 29.9 Å². The Morgan fingerprint density at radius 1 is 0.977 bits per heavy atom. The lowest BCUT2D eigenvalue weighted by molar-refractivity contribution is -0.362. The lowest BCUT2D eigenvalue weighted by Crippen LogP contribution is -2.65. The van der Waals surface area contributed by atoms with E-state index in [-0.39, 0.29) is 30.4 Å². The van der Waals surface area contributed by atoms with Crippen molar-refractivity contribution < 1.29 is 36.6 Å². The Morgan fingerprint density at radius 2 is 1.67 bits per heavy atom. The van der Waals surface area contributed by atoms with Crippen LogP contribution in [0.25, 0.3) is 0 Å². The molecule has 228 valence electrons. The highest BCUT2D eigenvalue weighted by molar-refractivity contribution is 5.94. The molecule has 1 amide bonds. The van der Waals surface area contributed by atoms with Gasteiger partial charge in [-0.1, -0.05) is 55.0 Å². The molecule has 9 heteroatoms. The summed E-state index contributed by atoms with van der Waals surface area (Å²) >= 11 is 0. The molecular weight excluding hydrogens is 565 g/mol. The van der Waals surface area contributed by atoms with E-state index in [1.807, 2.05) is 30.3 Å². The average molecular weight is 600 g/mol. The van der Waals surface area contributed by atoms with Gasteiger partial charge in [-0.2, -0.15) is 22.0 Å². The summed E-state index contributed by atoms with van der Waals surface area (Å²) in [5.41, 5.74) is -0.0443. The number of allylic oxidation sites excluding steroid dienone is 4. The van der Waals surface area contributed by atoms with E-state index >= 15 is 8.78 Å². The lowest BCUT2D eigenvalue weighted by atomic mass is 9.50. The highest BCUT2D eigenvalue weighted by Gasteiger charge is 2.79. The maximum Gasteiger partial charge on any atom is 0.456 e. The van der Waals surface area contributed by atoms with Crippen LogP contribution in [0.2, 0.25) is 0 Å². The van der Waals surface area contributed by atoms with Gasteiger partial charge in [0.1, 0.15) is 5.60 Å². The van der Waals surface area contributed by atoms with Crippen molar-refractivity contribution in [2.45, 2.75) is 82.0 Å². The number of alkyl halides is 5. The molecule has 4 aliphatic carbocycles. The number of hydrogen-bond acceptors (Lipinski definition) is 3. The molecule has 6 rings (SSSR count). The molecule has 43 heavy (non-hydrogen) atoms. The highest BCUT2D eigenvalue weighted by atomic mass is 19.4. The van der Waals surface area contributed by atoms with Crippen LogP contribution in [-0.4, -0.2) is 34.5 Å². The Hall–Kier alpha value is -3.33. The molecule has 5 atom stereocenters. The van der Waals surface area contributed by atoms with Crippen molar-refractivity contribution in [3.63, 3.8) is 0 Å². The lowest BCUT2D eigenvalue weighted by Gasteiger charge is -2.56. The first-order valence-corrected chi connectivity index (χ1v) is 14.8. The molecular formula is C34H34F5NO3. The van der Waals surface area contributed by atoms with Crippen molar-refractivity contribution in [2.75, 3.05) is 0 Å². The molecule has 2 aromatic rings. The van der Waals surface area contributed by atoms with Gasteiger partial charge in [-0.05, 0) is 90.8 Å². The van der Waals surface area contributed by atoms with Crippen LogP contribution in [0.5, 0.6) is 0 Å². The Balaban J connectivity index is 1.38. The van der Waals surface area contributed by atoms with Crippen LogP contribution in [0.4, 0.5) is 22.0 Å². The fourth-order valence-electron chi connectivity index (χ4n) is 8.46. The van der Waals surface area contributed by atoms with Crippen LogP contribution in [-0.2, 0) is 11.3 Å². The highest BCUT2D eigenvalue weighted by Crippen LogP contribution is 2.70. The number of nitrogens with one attached hydrogen (secondary N) is 1. The van der Waals surface area contributed by atoms with E-state index < -0.39 is 41.4 Å². The topological polar surface area (TPSA) is 66.4 Å². The zero-order chi connectivity index (χ0) is 30.8. The average Bonchev–Trinajstić information content (AvgIpc) is 3.26. The van der Waals surface area contributed by atoms with Crippen LogP contribution in [0, 0.1) is 17.3 Å². The maximum atomic E-state index is 15.2. The van der Waals surface area contributed by atoms with E-state index in [1.54, 1.807) is 30.3 Å². The van der Waals surface area contributed by atoms with Gasteiger partial charge in [0.15, 0.2) is 5.78 Å². The normalized spacial score (nSPS) is 30.7. The zero-order valence-electron chi connectivity index (χ0n) is 23.8. The van der Waals surface area contributed by atoms with Gasteiger partial charge in [-0.3, -0.25) is 9.59 Å². The van der Waals surface area contributed by atoms with E-state index in [9.17, 15) is 27.9 Å². The number of benzene rings is 2. The van der Waals surface area contributed by atoms with Crippen LogP contribution in [0.1, 0.15) is 79.3 Å². The van der Waals surface area contributed by atoms with Crippen LogP contribution in [0.15, 0.2) is 77.4 Å². The summed E-state index contributed by atoms with van der Waals surface area (Å²) in [4.78, 5) is 25.1. The molecule has 0 radical (unpaired) electrons. The van der Waals surface area contributed by atoms with Crippen LogP contribution >= 0.6 is 0 Å². The summed E-state index contributed by atoms with van der Waals surface area (Å²) in [5, 5.41) is 14.3. The predicted molar refractivity (Wildman–Crippen MR) is 150 cm³/mol. The fourth-order valence-corrected chi connectivity index (χ4v) is 8.46. The largest absolute Gasteiger partial charge is 0.456 e. The third kappa shape index (κ3) is 4.66. The van der Waals surface area contributed by atoms with Crippen molar-refractivity contribution in [3.05, 3.63) is 94.1 Å². The number of halogens is 5. The molecule has 0 aromatic heterocycles. The minimum Gasteiger partial charge on any atom is -0.383 e. The minimum atomic E-state index is -5.89. The summed E-state index contributed by atoms with van der Waals surface area (Å²) in [6.07, 6.45) is -3.05. The second-order valence-electron chi connectivity index (χ2n) is 12.8. The Kier molecular flexibility index (Phi) is 7.18. The van der Waals surface area contributed by atoms with Crippen molar-refractivity contribution >= 4 is 11.7 Å². The molecule has 0 saturated heterocycles. The number of carbonyl (C=O) groups excluding carboxylic acids is 2. The summed E-state index contributed by atoms with van der Waals surface area (Å²) in [6, 6.07) is 16.2. The first-order valence-electron chi connectivity index (χ1n) is 14.8. The standard InChI is InChI=1S/C34H34F5NO3/c1-31-18-27(21-7-9-22(10-8-21)30(42)40-19-20-5-3-2-4-6-20)29-25-14-12-24(41)17-23(25)11-13-26(29)28(31)15-16-32(31,43)33(35,36)34(37,38)39/h2-10,17,26-28,43H,11-16,18-19H2,1H3,(H,40,42)/t26?,27-,28?,31+,32-/m1/s1. The third-order valence-corrected chi connectivity index (χ3v) is 10.6. The van der Waals surface area contributed by atoms with Gasteiger partial charge in [0.25, 0.3) is 5.91 Å². The van der Waals surface area contributed by atoms with Gasteiger partial charge < -0.3 is 10.4 Å². The van der Waals surface area contributed by atoms with Gasteiger partial charge >= 0.3 is 12.1 Å². The second-order valence-corrected chi connectivity index (χ2v) is 12.8. The molecule has 0 aliphatic heterocycles. The Morgan fingerprint density at radius 3 is 2.35 bits per heavy atom.